The lowest BCUT2D eigenvalue weighted by Gasteiger charge is -2.39. The molecule has 2 aliphatic heterocycles. The van der Waals surface area contributed by atoms with Crippen LogP contribution in [0.15, 0.2) is 18.3 Å². The summed E-state index contributed by atoms with van der Waals surface area (Å²) in [5, 5.41) is 4.21. The zero-order chi connectivity index (χ0) is 20.0. The predicted molar refractivity (Wildman–Crippen MR) is 90.3 cm³/mol. The maximum atomic E-state index is 14.2. The first kappa shape index (κ1) is 18.8. The van der Waals surface area contributed by atoms with Gasteiger partial charge < -0.3 is 15.2 Å². The summed E-state index contributed by atoms with van der Waals surface area (Å²) in [5.74, 6) is -3.48. The fourth-order valence-corrected chi connectivity index (χ4v) is 3.91. The van der Waals surface area contributed by atoms with Crippen molar-refractivity contribution in [2.45, 2.75) is 37.8 Å². The van der Waals surface area contributed by atoms with Crippen LogP contribution in [-0.2, 0) is 29.6 Å². The van der Waals surface area contributed by atoms with Gasteiger partial charge in [0.25, 0.3) is 0 Å². The van der Waals surface area contributed by atoms with Gasteiger partial charge in [0, 0.05) is 49.8 Å². The van der Waals surface area contributed by atoms with Crippen molar-refractivity contribution in [2.24, 2.45) is 12.8 Å². The summed E-state index contributed by atoms with van der Waals surface area (Å²) >= 11 is 0. The van der Waals surface area contributed by atoms with Crippen molar-refractivity contribution in [3.8, 4) is 0 Å². The number of aromatic nitrogens is 2. The molecule has 1 amide bonds. The molecule has 2 aliphatic rings. The molecule has 7 nitrogen and oxygen atoms in total. The summed E-state index contributed by atoms with van der Waals surface area (Å²) in [5.41, 5.74) is 7.13. The monoisotopic (exact) mass is 396 g/mol. The third-order valence-electron chi connectivity index (χ3n) is 5.31. The lowest BCUT2D eigenvalue weighted by Crippen LogP contribution is -2.46. The van der Waals surface area contributed by atoms with Crippen LogP contribution in [-0.4, -0.2) is 39.5 Å². The van der Waals surface area contributed by atoms with E-state index in [0.29, 0.717) is 25.6 Å². The maximum absolute atomic E-state index is 14.2. The van der Waals surface area contributed by atoms with Gasteiger partial charge in [0.05, 0.1) is 18.5 Å². The molecule has 3 heterocycles. The number of rotatable bonds is 3. The van der Waals surface area contributed by atoms with Crippen molar-refractivity contribution < 1.29 is 27.4 Å². The Morgan fingerprint density at radius 2 is 2.00 bits per heavy atom. The number of fused-ring (bicyclic) bond motifs is 1. The minimum Gasteiger partial charge on any atom is -0.443 e. The Hall–Kier alpha value is -2.59. The summed E-state index contributed by atoms with van der Waals surface area (Å²) in [6, 6.07) is 1.05. The summed E-state index contributed by atoms with van der Waals surface area (Å²) in [7, 11) is 1.86. The van der Waals surface area contributed by atoms with Gasteiger partial charge in [0.2, 0.25) is 0 Å². The second-order valence-electron chi connectivity index (χ2n) is 7.05. The number of hydrogen-bond donors (Lipinski definition) is 1. The van der Waals surface area contributed by atoms with E-state index in [1.165, 1.54) is 0 Å². The first-order chi connectivity index (χ1) is 13.3. The highest BCUT2D eigenvalue weighted by atomic mass is 19.2. The number of nitrogens with zero attached hydrogens (tertiary/aromatic N) is 3. The van der Waals surface area contributed by atoms with E-state index in [0.717, 1.165) is 17.3 Å². The first-order valence-electron chi connectivity index (χ1n) is 8.79. The van der Waals surface area contributed by atoms with Crippen LogP contribution in [0.1, 0.15) is 29.3 Å². The highest BCUT2D eigenvalue weighted by Gasteiger charge is 2.40. The fraction of sp³-hybridized carbons (Fsp3) is 0.444. The Balaban J connectivity index is 1.55. The van der Waals surface area contributed by atoms with Crippen LogP contribution in [0.3, 0.4) is 0 Å². The first-order valence-corrected chi connectivity index (χ1v) is 8.79. The standard InChI is InChI=1S/C18H19F3N4O3/c1-24-15-7-25(6-9(15)5-23-24)10-2-16(28-18(22)26)17(27-8-10)11-3-13(20)14(21)4-12(11)19/h3-5,10,16-17H,2,6-8H2,1H3,(H2,22,26)/t10-,16+,17+/m1/s1. The molecule has 1 aromatic carbocycles. The fourth-order valence-electron chi connectivity index (χ4n) is 3.91. The van der Waals surface area contributed by atoms with E-state index in [4.69, 9.17) is 15.2 Å². The number of amides is 1. The van der Waals surface area contributed by atoms with Gasteiger partial charge in [0.15, 0.2) is 11.6 Å². The Kier molecular flexibility index (Phi) is 4.76. The molecule has 10 heteroatoms. The Labute approximate surface area is 158 Å². The topological polar surface area (TPSA) is 82.6 Å². The zero-order valence-electron chi connectivity index (χ0n) is 15.1. The lowest BCUT2D eigenvalue weighted by molar-refractivity contribution is -0.114. The molecule has 1 aromatic heterocycles. The van der Waals surface area contributed by atoms with Crippen LogP contribution in [0.25, 0.3) is 0 Å². The molecule has 2 N–H and O–H groups in total. The normalized spacial score (nSPS) is 24.9. The molecule has 28 heavy (non-hydrogen) atoms. The van der Waals surface area contributed by atoms with Crippen LogP contribution in [0.5, 0.6) is 0 Å². The van der Waals surface area contributed by atoms with Crippen molar-refractivity contribution in [2.75, 3.05) is 6.61 Å². The minimum atomic E-state index is -1.30. The minimum absolute atomic E-state index is 0.124. The average Bonchev–Trinajstić information content (AvgIpc) is 3.20. The van der Waals surface area contributed by atoms with Crippen molar-refractivity contribution >= 4 is 6.09 Å². The number of carbonyl (C=O) groups excluding carboxylic acids is 1. The highest BCUT2D eigenvalue weighted by molar-refractivity contribution is 5.65. The van der Waals surface area contributed by atoms with E-state index < -0.39 is 35.8 Å². The molecule has 0 unspecified atom stereocenters. The van der Waals surface area contributed by atoms with E-state index in [9.17, 15) is 18.0 Å². The Morgan fingerprint density at radius 1 is 1.25 bits per heavy atom. The molecule has 0 radical (unpaired) electrons. The molecule has 0 bridgehead atoms. The molecule has 0 spiro atoms. The lowest BCUT2D eigenvalue weighted by atomic mass is 9.94. The highest BCUT2D eigenvalue weighted by Crippen LogP contribution is 2.36. The second kappa shape index (κ2) is 7.10. The van der Waals surface area contributed by atoms with E-state index in [1.807, 2.05) is 7.05 Å². The Bertz CT molecular complexity index is 920. The molecule has 3 atom stereocenters. The van der Waals surface area contributed by atoms with Gasteiger partial charge in [-0.3, -0.25) is 9.58 Å². The van der Waals surface area contributed by atoms with Crippen LogP contribution in [0.4, 0.5) is 18.0 Å². The van der Waals surface area contributed by atoms with Gasteiger partial charge in [0.1, 0.15) is 18.0 Å². The van der Waals surface area contributed by atoms with E-state index in [2.05, 4.69) is 10.00 Å². The second-order valence-corrected chi connectivity index (χ2v) is 7.05. The maximum Gasteiger partial charge on any atom is 0.404 e. The molecule has 4 rings (SSSR count). The average molecular weight is 396 g/mol. The molecular formula is C18H19F3N4O3. The van der Waals surface area contributed by atoms with E-state index in [1.54, 1.807) is 10.9 Å². The van der Waals surface area contributed by atoms with Crippen molar-refractivity contribution in [1.29, 1.82) is 0 Å². The van der Waals surface area contributed by atoms with Gasteiger partial charge in [-0.1, -0.05) is 0 Å². The van der Waals surface area contributed by atoms with Gasteiger partial charge in [-0.2, -0.15) is 5.10 Å². The number of ether oxygens (including phenoxy) is 2. The number of halogens is 3. The number of carbonyl (C=O) groups is 1. The predicted octanol–water partition coefficient (Wildman–Crippen LogP) is 2.15. The number of benzene rings is 1. The largest absolute Gasteiger partial charge is 0.443 e. The van der Waals surface area contributed by atoms with Gasteiger partial charge in [-0.25, -0.2) is 18.0 Å². The SMILES string of the molecule is Cn1ncc2c1CN([C@H]1CO[C@@H](c3cc(F)c(F)cc3F)[C@@H](OC(N)=O)C1)C2. The number of aryl methyl sites for hydroxylation is 1. The van der Waals surface area contributed by atoms with Crippen LogP contribution in [0, 0.1) is 17.5 Å². The van der Waals surface area contributed by atoms with Gasteiger partial charge in [-0.05, 0) is 6.07 Å². The summed E-state index contributed by atoms with van der Waals surface area (Å²) in [6.45, 7) is 1.52. The molecule has 2 aromatic rings. The third kappa shape index (κ3) is 3.33. The van der Waals surface area contributed by atoms with E-state index in [-0.39, 0.29) is 18.2 Å². The molecule has 1 saturated heterocycles. The third-order valence-corrected chi connectivity index (χ3v) is 5.31. The summed E-state index contributed by atoms with van der Waals surface area (Å²) in [4.78, 5) is 13.5. The molecule has 0 saturated carbocycles. The molecular weight excluding hydrogens is 377 g/mol. The van der Waals surface area contributed by atoms with E-state index >= 15 is 0 Å². The number of nitrogens with two attached hydrogens (primary N) is 1. The van der Waals surface area contributed by atoms with Crippen LogP contribution in [0.2, 0.25) is 0 Å². The van der Waals surface area contributed by atoms with Crippen molar-refractivity contribution in [3.63, 3.8) is 0 Å². The quantitative estimate of drug-likeness (QED) is 0.804. The number of primary amides is 1. The van der Waals surface area contributed by atoms with Crippen molar-refractivity contribution in [3.05, 3.63) is 52.6 Å². The van der Waals surface area contributed by atoms with Crippen LogP contribution < -0.4 is 5.73 Å². The summed E-state index contributed by atoms with van der Waals surface area (Å²) in [6.07, 6.45) is -0.942. The molecule has 150 valence electrons. The van der Waals surface area contributed by atoms with Crippen LogP contribution >= 0.6 is 0 Å². The summed E-state index contributed by atoms with van der Waals surface area (Å²) < 4.78 is 53.8. The van der Waals surface area contributed by atoms with Gasteiger partial charge >= 0.3 is 6.09 Å². The number of hydrogen-bond acceptors (Lipinski definition) is 5. The zero-order valence-corrected chi connectivity index (χ0v) is 15.1. The molecule has 1 fully saturated rings. The Morgan fingerprint density at radius 3 is 2.71 bits per heavy atom. The van der Waals surface area contributed by atoms with Crippen molar-refractivity contribution in [1.82, 2.24) is 14.7 Å². The smallest absolute Gasteiger partial charge is 0.404 e. The molecule has 0 aliphatic carbocycles. The van der Waals surface area contributed by atoms with Gasteiger partial charge in [-0.15, -0.1) is 0 Å².